The van der Waals surface area contributed by atoms with Crippen molar-refractivity contribution in [1.82, 2.24) is 10.2 Å². The van der Waals surface area contributed by atoms with Crippen LogP contribution in [0.3, 0.4) is 0 Å². The SMILES string of the molecule is CC1CCCCCN1C(=O)NC1CCCC1. The summed E-state index contributed by atoms with van der Waals surface area (Å²) < 4.78 is 0. The van der Waals surface area contributed by atoms with Gasteiger partial charge in [-0.1, -0.05) is 25.7 Å². The number of likely N-dealkylation sites (tertiary alicyclic amines) is 1. The third kappa shape index (κ3) is 2.89. The Bertz CT molecular complexity index is 236. The molecule has 1 unspecified atom stereocenters. The Morgan fingerprint density at radius 1 is 1.06 bits per heavy atom. The van der Waals surface area contributed by atoms with Crippen LogP contribution in [0.1, 0.15) is 58.3 Å². The van der Waals surface area contributed by atoms with Gasteiger partial charge in [0, 0.05) is 18.6 Å². The first-order valence-corrected chi connectivity index (χ1v) is 6.84. The van der Waals surface area contributed by atoms with Gasteiger partial charge in [-0.15, -0.1) is 0 Å². The van der Waals surface area contributed by atoms with Crippen molar-refractivity contribution >= 4 is 6.03 Å². The van der Waals surface area contributed by atoms with Crippen molar-refractivity contribution in [3.63, 3.8) is 0 Å². The second-order valence-electron chi connectivity index (χ2n) is 5.32. The molecular formula is C13H24N2O. The number of nitrogens with zero attached hydrogens (tertiary/aromatic N) is 1. The molecule has 0 aromatic carbocycles. The minimum atomic E-state index is 0.182. The maximum atomic E-state index is 12.1. The van der Waals surface area contributed by atoms with Crippen molar-refractivity contribution in [2.45, 2.75) is 70.4 Å². The van der Waals surface area contributed by atoms with Crippen LogP contribution in [0.5, 0.6) is 0 Å². The first-order valence-electron chi connectivity index (χ1n) is 6.84. The second-order valence-corrected chi connectivity index (χ2v) is 5.32. The molecule has 1 aliphatic heterocycles. The Morgan fingerprint density at radius 3 is 2.50 bits per heavy atom. The summed E-state index contributed by atoms with van der Waals surface area (Å²) in [6.07, 6.45) is 9.79. The number of rotatable bonds is 1. The van der Waals surface area contributed by atoms with Crippen molar-refractivity contribution in [3.8, 4) is 0 Å². The summed E-state index contributed by atoms with van der Waals surface area (Å²) in [6, 6.07) is 1.05. The number of hydrogen-bond acceptors (Lipinski definition) is 1. The molecule has 1 N–H and O–H groups in total. The van der Waals surface area contributed by atoms with E-state index >= 15 is 0 Å². The molecular weight excluding hydrogens is 200 g/mol. The van der Waals surface area contributed by atoms with Gasteiger partial charge >= 0.3 is 6.03 Å². The highest BCUT2D eigenvalue weighted by atomic mass is 16.2. The average Bonchev–Trinajstić information content (AvgIpc) is 2.66. The lowest BCUT2D eigenvalue weighted by molar-refractivity contribution is 0.176. The predicted octanol–water partition coefficient (Wildman–Crippen LogP) is 2.90. The van der Waals surface area contributed by atoms with Crippen LogP contribution in [-0.4, -0.2) is 29.6 Å². The standard InChI is InChI=1S/C13H24N2O/c1-11-7-3-2-6-10-15(11)13(16)14-12-8-4-5-9-12/h11-12H,2-10H2,1H3,(H,14,16). The molecule has 3 nitrogen and oxygen atoms in total. The quantitative estimate of drug-likeness (QED) is 0.729. The highest BCUT2D eigenvalue weighted by Gasteiger charge is 2.24. The summed E-state index contributed by atoms with van der Waals surface area (Å²) >= 11 is 0. The van der Waals surface area contributed by atoms with Gasteiger partial charge in [0.15, 0.2) is 0 Å². The molecule has 2 rings (SSSR count). The van der Waals surface area contributed by atoms with E-state index in [1.54, 1.807) is 0 Å². The minimum absolute atomic E-state index is 0.182. The lowest BCUT2D eigenvalue weighted by Crippen LogP contribution is -2.47. The zero-order chi connectivity index (χ0) is 11.4. The van der Waals surface area contributed by atoms with Gasteiger partial charge in [-0.2, -0.15) is 0 Å². The summed E-state index contributed by atoms with van der Waals surface area (Å²) in [7, 11) is 0. The van der Waals surface area contributed by atoms with Crippen LogP contribution in [0.25, 0.3) is 0 Å². The van der Waals surface area contributed by atoms with Crippen LogP contribution in [0, 0.1) is 0 Å². The molecule has 0 aromatic rings. The van der Waals surface area contributed by atoms with Gasteiger partial charge in [0.05, 0.1) is 0 Å². The van der Waals surface area contributed by atoms with Crippen LogP contribution in [0.4, 0.5) is 4.79 Å². The van der Waals surface area contributed by atoms with Crippen LogP contribution in [0.2, 0.25) is 0 Å². The Hall–Kier alpha value is -0.730. The molecule has 16 heavy (non-hydrogen) atoms. The first kappa shape index (κ1) is 11.7. The molecule has 3 heteroatoms. The van der Waals surface area contributed by atoms with E-state index in [1.165, 1.54) is 44.9 Å². The van der Waals surface area contributed by atoms with Crippen LogP contribution < -0.4 is 5.32 Å². The normalized spacial score (nSPS) is 27.8. The van der Waals surface area contributed by atoms with E-state index in [0.717, 1.165) is 13.0 Å². The Kier molecular flexibility index (Phi) is 4.08. The van der Waals surface area contributed by atoms with Crippen molar-refractivity contribution in [2.24, 2.45) is 0 Å². The fourth-order valence-corrected chi connectivity index (χ4v) is 2.90. The van der Waals surface area contributed by atoms with Gasteiger partial charge in [0.2, 0.25) is 0 Å². The van der Waals surface area contributed by atoms with E-state index in [1.807, 2.05) is 4.90 Å². The fraction of sp³-hybridized carbons (Fsp3) is 0.923. The smallest absolute Gasteiger partial charge is 0.317 e. The zero-order valence-corrected chi connectivity index (χ0v) is 10.4. The van der Waals surface area contributed by atoms with Crippen LogP contribution in [0.15, 0.2) is 0 Å². The van der Waals surface area contributed by atoms with Gasteiger partial charge in [-0.3, -0.25) is 0 Å². The molecule has 0 spiro atoms. The minimum Gasteiger partial charge on any atom is -0.335 e. The van der Waals surface area contributed by atoms with E-state index in [-0.39, 0.29) is 6.03 Å². The lowest BCUT2D eigenvalue weighted by atomic mass is 10.1. The Labute approximate surface area is 98.6 Å². The molecule has 1 heterocycles. The molecule has 0 bridgehead atoms. The van der Waals surface area contributed by atoms with E-state index in [9.17, 15) is 4.79 Å². The van der Waals surface area contributed by atoms with Gasteiger partial charge in [-0.25, -0.2) is 4.79 Å². The number of urea groups is 1. The van der Waals surface area contributed by atoms with Gasteiger partial charge in [-0.05, 0) is 32.6 Å². The maximum Gasteiger partial charge on any atom is 0.317 e. The number of carbonyl (C=O) groups excluding carboxylic acids is 1. The Morgan fingerprint density at radius 2 is 1.75 bits per heavy atom. The van der Waals surface area contributed by atoms with E-state index in [0.29, 0.717) is 12.1 Å². The summed E-state index contributed by atoms with van der Waals surface area (Å²) in [5.74, 6) is 0. The van der Waals surface area contributed by atoms with E-state index < -0.39 is 0 Å². The highest BCUT2D eigenvalue weighted by molar-refractivity contribution is 5.74. The van der Waals surface area contributed by atoms with Gasteiger partial charge in [0.25, 0.3) is 0 Å². The first-order chi connectivity index (χ1) is 7.77. The molecule has 0 aromatic heterocycles. The predicted molar refractivity (Wildman–Crippen MR) is 65.4 cm³/mol. The van der Waals surface area contributed by atoms with E-state index in [2.05, 4.69) is 12.2 Å². The van der Waals surface area contributed by atoms with Crippen LogP contribution in [-0.2, 0) is 0 Å². The number of hydrogen-bond donors (Lipinski definition) is 1. The van der Waals surface area contributed by atoms with Crippen molar-refractivity contribution in [3.05, 3.63) is 0 Å². The number of nitrogens with one attached hydrogen (secondary N) is 1. The molecule has 2 aliphatic rings. The largest absolute Gasteiger partial charge is 0.335 e. The third-order valence-corrected chi connectivity index (χ3v) is 4.00. The molecule has 1 saturated heterocycles. The highest BCUT2D eigenvalue weighted by Crippen LogP contribution is 2.20. The topological polar surface area (TPSA) is 32.3 Å². The monoisotopic (exact) mass is 224 g/mol. The molecule has 92 valence electrons. The third-order valence-electron chi connectivity index (χ3n) is 4.00. The molecule has 1 atom stereocenters. The van der Waals surface area contributed by atoms with Crippen molar-refractivity contribution < 1.29 is 4.79 Å². The summed E-state index contributed by atoms with van der Waals surface area (Å²) in [6.45, 7) is 3.12. The fourth-order valence-electron chi connectivity index (χ4n) is 2.90. The lowest BCUT2D eigenvalue weighted by Gasteiger charge is -2.28. The van der Waals surface area contributed by atoms with Crippen LogP contribution >= 0.6 is 0 Å². The van der Waals surface area contributed by atoms with Crippen molar-refractivity contribution in [2.75, 3.05) is 6.54 Å². The second kappa shape index (κ2) is 5.55. The summed E-state index contributed by atoms with van der Waals surface area (Å²) in [5, 5.41) is 3.19. The van der Waals surface area contributed by atoms with Crippen molar-refractivity contribution in [1.29, 1.82) is 0 Å². The van der Waals surface area contributed by atoms with Gasteiger partial charge in [0.1, 0.15) is 0 Å². The maximum absolute atomic E-state index is 12.1. The zero-order valence-electron chi connectivity index (χ0n) is 10.4. The molecule has 1 saturated carbocycles. The molecule has 0 radical (unpaired) electrons. The number of carbonyl (C=O) groups is 1. The molecule has 1 aliphatic carbocycles. The molecule has 2 amide bonds. The average molecular weight is 224 g/mol. The Balaban J connectivity index is 1.85. The molecule has 2 fully saturated rings. The van der Waals surface area contributed by atoms with Gasteiger partial charge < -0.3 is 10.2 Å². The van der Waals surface area contributed by atoms with E-state index in [4.69, 9.17) is 0 Å². The summed E-state index contributed by atoms with van der Waals surface area (Å²) in [4.78, 5) is 14.2. The summed E-state index contributed by atoms with van der Waals surface area (Å²) in [5.41, 5.74) is 0. The number of amides is 2.